The zero-order chi connectivity index (χ0) is 15.4. The van der Waals surface area contributed by atoms with Crippen molar-refractivity contribution in [3.63, 3.8) is 0 Å². The molecule has 0 saturated carbocycles. The van der Waals surface area contributed by atoms with Gasteiger partial charge in [0.15, 0.2) is 0 Å². The number of amides is 1. The number of carbonyl (C=O) groups is 3. The van der Waals surface area contributed by atoms with E-state index in [4.69, 9.17) is 10.2 Å². The second-order valence-corrected chi connectivity index (χ2v) is 4.04. The molecule has 0 aromatic heterocycles. The summed E-state index contributed by atoms with van der Waals surface area (Å²) in [5.74, 6) is -2.32. The first-order chi connectivity index (χ1) is 9.47. The first kappa shape index (κ1) is 18.3. The Hall–Kier alpha value is -1.71. The van der Waals surface area contributed by atoms with Crippen molar-refractivity contribution in [3.05, 3.63) is 0 Å². The van der Waals surface area contributed by atoms with Gasteiger partial charge in [-0.05, 0) is 0 Å². The van der Waals surface area contributed by atoms with Crippen molar-refractivity contribution in [2.45, 2.75) is 12.5 Å². The van der Waals surface area contributed by atoms with Gasteiger partial charge in [0.1, 0.15) is 6.04 Å². The van der Waals surface area contributed by atoms with Gasteiger partial charge in [0.2, 0.25) is 5.91 Å². The highest BCUT2D eigenvalue weighted by molar-refractivity contribution is 5.84. The maximum Gasteiger partial charge on any atom is 0.321 e. The number of hydrogen-bond donors (Lipinski definition) is 6. The molecule has 116 valence electrons. The van der Waals surface area contributed by atoms with Gasteiger partial charge < -0.3 is 31.5 Å². The highest BCUT2D eigenvalue weighted by Gasteiger charge is 2.19. The van der Waals surface area contributed by atoms with Crippen molar-refractivity contribution < 1.29 is 24.6 Å². The van der Waals surface area contributed by atoms with Gasteiger partial charge in [0.25, 0.3) is 0 Å². The van der Waals surface area contributed by atoms with Gasteiger partial charge in [-0.15, -0.1) is 0 Å². The topological polar surface area (TPSA) is 140 Å². The van der Waals surface area contributed by atoms with Crippen LogP contribution in [0.4, 0.5) is 0 Å². The minimum absolute atomic E-state index is 0.0901. The maximum absolute atomic E-state index is 11.1. The number of rotatable bonds is 12. The van der Waals surface area contributed by atoms with E-state index >= 15 is 0 Å². The Morgan fingerprint density at radius 2 is 1.60 bits per heavy atom. The number of carboxylic acid groups (broad SMARTS) is 2. The molecular formula is C11H22N4O5. The van der Waals surface area contributed by atoms with E-state index in [-0.39, 0.29) is 18.9 Å². The van der Waals surface area contributed by atoms with Gasteiger partial charge in [-0.3, -0.25) is 14.4 Å². The largest absolute Gasteiger partial charge is 0.480 e. The molecule has 1 amide bonds. The second kappa shape index (κ2) is 11.1. The van der Waals surface area contributed by atoms with E-state index in [2.05, 4.69) is 21.3 Å². The number of carbonyl (C=O) groups excluding carboxylic acids is 1. The van der Waals surface area contributed by atoms with Gasteiger partial charge in [0, 0.05) is 33.2 Å². The van der Waals surface area contributed by atoms with E-state index < -0.39 is 18.0 Å². The van der Waals surface area contributed by atoms with Crippen LogP contribution in [0.5, 0.6) is 0 Å². The fraction of sp³-hybridized carbons (Fsp3) is 0.727. The van der Waals surface area contributed by atoms with E-state index in [0.29, 0.717) is 26.2 Å². The van der Waals surface area contributed by atoms with Crippen LogP contribution >= 0.6 is 0 Å². The molecule has 0 radical (unpaired) electrons. The van der Waals surface area contributed by atoms with E-state index in [1.807, 2.05) is 0 Å². The molecule has 0 fully saturated rings. The summed E-state index contributed by atoms with van der Waals surface area (Å²) in [6.45, 7) is 1.90. The lowest BCUT2D eigenvalue weighted by Crippen LogP contribution is -2.43. The van der Waals surface area contributed by atoms with Gasteiger partial charge in [0.05, 0.1) is 13.0 Å². The van der Waals surface area contributed by atoms with Crippen LogP contribution in [-0.4, -0.2) is 73.9 Å². The number of carboxylic acids is 2. The first-order valence-corrected chi connectivity index (χ1v) is 6.27. The van der Waals surface area contributed by atoms with Crippen LogP contribution in [0.25, 0.3) is 0 Å². The van der Waals surface area contributed by atoms with E-state index in [0.717, 1.165) is 0 Å². The van der Waals surface area contributed by atoms with Crippen LogP contribution in [-0.2, 0) is 14.4 Å². The normalized spacial score (nSPS) is 11.8. The second-order valence-electron chi connectivity index (χ2n) is 4.04. The molecule has 0 rings (SSSR count). The average molecular weight is 290 g/mol. The summed E-state index contributed by atoms with van der Waals surface area (Å²) >= 11 is 0. The summed E-state index contributed by atoms with van der Waals surface area (Å²) in [6, 6.07) is -0.915. The third-order valence-corrected chi connectivity index (χ3v) is 2.41. The Kier molecular flexibility index (Phi) is 10.2. The smallest absolute Gasteiger partial charge is 0.321 e. The molecule has 9 nitrogen and oxygen atoms in total. The van der Waals surface area contributed by atoms with E-state index in [1.54, 1.807) is 0 Å². The molecule has 0 aromatic carbocycles. The SMILES string of the molecule is CNC(=O)CC(NCCNCCNCC(=O)O)C(=O)O. The highest BCUT2D eigenvalue weighted by atomic mass is 16.4. The molecule has 0 heterocycles. The Bertz CT molecular complexity index is 324. The number of nitrogens with one attached hydrogen (secondary N) is 4. The molecule has 0 aromatic rings. The molecule has 1 unspecified atom stereocenters. The molecule has 0 bridgehead atoms. The number of hydrogen-bond acceptors (Lipinski definition) is 6. The zero-order valence-corrected chi connectivity index (χ0v) is 11.4. The van der Waals surface area contributed by atoms with Crippen LogP contribution in [0.15, 0.2) is 0 Å². The molecule has 20 heavy (non-hydrogen) atoms. The molecule has 0 spiro atoms. The highest BCUT2D eigenvalue weighted by Crippen LogP contribution is 1.91. The Morgan fingerprint density at radius 3 is 2.15 bits per heavy atom. The average Bonchev–Trinajstić information content (AvgIpc) is 2.39. The van der Waals surface area contributed by atoms with Crippen LogP contribution in [0.3, 0.4) is 0 Å². The quantitative estimate of drug-likeness (QED) is 0.216. The van der Waals surface area contributed by atoms with Crippen molar-refractivity contribution in [1.29, 1.82) is 0 Å². The van der Waals surface area contributed by atoms with Crippen molar-refractivity contribution in [2.24, 2.45) is 0 Å². The van der Waals surface area contributed by atoms with Crippen LogP contribution < -0.4 is 21.3 Å². The first-order valence-electron chi connectivity index (χ1n) is 6.27. The lowest BCUT2D eigenvalue weighted by Gasteiger charge is -2.13. The van der Waals surface area contributed by atoms with Gasteiger partial charge in [-0.1, -0.05) is 0 Å². The summed E-state index contributed by atoms with van der Waals surface area (Å²) in [5, 5.41) is 28.1. The van der Waals surface area contributed by atoms with Crippen LogP contribution in [0, 0.1) is 0 Å². The fourth-order valence-electron chi connectivity index (χ4n) is 1.37. The van der Waals surface area contributed by atoms with Crippen molar-refractivity contribution in [2.75, 3.05) is 39.8 Å². The molecule has 1 atom stereocenters. The lowest BCUT2D eigenvalue weighted by atomic mass is 10.2. The molecule has 0 saturated heterocycles. The Balaban J connectivity index is 3.61. The Morgan fingerprint density at radius 1 is 1.00 bits per heavy atom. The van der Waals surface area contributed by atoms with E-state index in [9.17, 15) is 14.4 Å². The summed E-state index contributed by atoms with van der Waals surface area (Å²) in [6.07, 6.45) is -0.119. The molecule has 0 aliphatic heterocycles. The Labute approximate surface area is 117 Å². The maximum atomic E-state index is 11.1. The predicted octanol–water partition coefficient (Wildman–Crippen LogP) is -2.57. The number of aliphatic carboxylic acids is 2. The van der Waals surface area contributed by atoms with Crippen molar-refractivity contribution in [3.8, 4) is 0 Å². The molecule has 6 N–H and O–H groups in total. The van der Waals surface area contributed by atoms with Gasteiger partial charge >= 0.3 is 11.9 Å². The summed E-state index contributed by atoms with van der Waals surface area (Å²) < 4.78 is 0. The van der Waals surface area contributed by atoms with Gasteiger partial charge in [-0.25, -0.2) is 0 Å². The molecular weight excluding hydrogens is 268 g/mol. The summed E-state index contributed by atoms with van der Waals surface area (Å²) in [4.78, 5) is 32.2. The summed E-state index contributed by atoms with van der Waals surface area (Å²) in [7, 11) is 1.45. The molecule has 0 aliphatic rings. The third kappa shape index (κ3) is 10.2. The predicted molar refractivity (Wildman–Crippen MR) is 71.5 cm³/mol. The van der Waals surface area contributed by atoms with Crippen LogP contribution in [0.2, 0.25) is 0 Å². The van der Waals surface area contributed by atoms with Crippen molar-refractivity contribution >= 4 is 17.8 Å². The summed E-state index contributed by atoms with van der Waals surface area (Å²) in [5.41, 5.74) is 0. The lowest BCUT2D eigenvalue weighted by molar-refractivity contribution is -0.141. The monoisotopic (exact) mass is 290 g/mol. The van der Waals surface area contributed by atoms with E-state index in [1.165, 1.54) is 7.05 Å². The third-order valence-electron chi connectivity index (χ3n) is 2.41. The minimum Gasteiger partial charge on any atom is -0.480 e. The zero-order valence-electron chi connectivity index (χ0n) is 11.4. The standard InChI is InChI=1S/C11H22N4O5/c1-12-9(16)6-8(11(19)20)15-5-4-13-2-3-14-7-10(17)18/h8,13-15H,2-7H2,1H3,(H,12,16)(H,17,18)(H,19,20). The van der Waals surface area contributed by atoms with Crippen LogP contribution in [0.1, 0.15) is 6.42 Å². The molecule has 0 aliphatic carbocycles. The fourth-order valence-corrected chi connectivity index (χ4v) is 1.37. The van der Waals surface area contributed by atoms with Gasteiger partial charge in [-0.2, -0.15) is 0 Å². The van der Waals surface area contributed by atoms with Crippen molar-refractivity contribution in [1.82, 2.24) is 21.3 Å². The molecule has 9 heteroatoms. The minimum atomic E-state index is -1.07.